The van der Waals surface area contributed by atoms with E-state index in [-0.39, 0.29) is 47.0 Å². The van der Waals surface area contributed by atoms with E-state index in [1.54, 1.807) is 13.8 Å². The number of carbonyl (C=O) groups excluding carboxylic acids is 2. The first kappa shape index (κ1) is 69.6. The van der Waals surface area contributed by atoms with Crippen LogP contribution in [0.15, 0.2) is 12.7 Å². The first-order valence-corrected chi connectivity index (χ1v) is 21.3. The number of alkyl halides is 20. The second kappa shape index (κ2) is 26.1. The van der Waals surface area contributed by atoms with Crippen LogP contribution >= 0.6 is 24.4 Å². The van der Waals surface area contributed by atoms with E-state index in [0.717, 1.165) is 6.08 Å². The Labute approximate surface area is 387 Å². The smallest absolute Gasteiger partial charge is 0.772 e. The Hall–Kier alpha value is -1.00. The van der Waals surface area contributed by atoms with Crippen LogP contribution in [0.3, 0.4) is 0 Å². The summed E-state index contributed by atoms with van der Waals surface area (Å²) in [6.07, 6.45) is -44.5. The maximum atomic E-state index is 13.7. The first-order chi connectivity index (χ1) is 27.5. The van der Waals surface area contributed by atoms with Crippen molar-refractivity contribution in [1.82, 2.24) is 10.6 Å². The molecule has 0 aromatic heterocycles. The minimum atomic E-state index is -6.61. The fraction of sp³-hybridized carbons (Fsp3) is 0.867. The molecule has 0 aromatic rings. The summed E-state index contributed by atoms with van der Waals surface area (Å²) in [5.74, 6) is -10.0. The molecule has 378 valence electrons. The van der Waals surface area contributed by atoms with E-state index in [1.807, 2.05) is 0 Å². The third kappa shape index (κ3) is 26.5. The number of halogens is 20. The van der Waals surface area contributed by atoms with Crippen molar-refractivity contribution >= 4 is 57.4 Å². The van der Waals surface area contributed by atoms with Gasteiger partial charge in [-0.3, -0.25) is 13.8 Å². The van der Waals surface area contributed by atoms with Gasteiger partial charge in [0, 0.05) is 41.8 Å². The number of amides is 2. The summed E-state index contributed by atoms with van der Waals surface area (Å²) in [5.41, 5.74) is -14.1. The van der Waals surface area contributed by atoms with Gasteiger partial charge < -0.3 is 19.7 Å². The topological polar surface area (TPSA) is 156 Å². The van der Waals surface area contributed by atoms with Crippen LogP contribution in [-0.2, 0) is 30.8 Å². The maximum absolute atomic E-state index is 13.7. The molecule has 9 nitrogen and oxygen atoms in total. The normalized spacial score (nSPS) is 15.2. The molecule has 0 aromatic carbocycles. The Morgan fingerprint density at radius 2 is 1.05 bits per heavy atom. The second-order valence-corrected chi connectivity index (χ2v) is 18.3. The molecule has 3 unspecified atom stereocenters. The minimum Gasteiger partial charge on any atom is -0.772 e. The number of rotatable bonds is 19. The van der Waals surface area contributed by atoms with Crippen LogP contribution in [0.5, 0.6) is 0 Å². The Kier molecular flexibility index (Phi) is 28.4. The third-order valence-corrected chi connectivity index (χ3v) is 10.8. The van der Waals surface area contributed by atoms with E-state index in [1.165, 1.54) is 13.8 Å². The van der Waals surface area contributed by atoms with E-state index in [2.05, 4.69) is 29.8 Å². The van der Waals surface area contributed by atoms with Crippen molar-refractivity contribution in [2.45, 2.75) is 119 Å². The Morgan fingerprint density at radius 1 is 0.688 bits per heavy atom. The van der Waals surface area contributed by atoms with Gasteiger partial charge in [0.25, 0.3) is 11.3 Å². The Morgan fingerprint density at radius 3 is 1.33 bits per heavy atom. The second-order valence-electron chi connectivity index (χ2n) is 14.3. The molecular formula is C30H40F20N2NaO7S4-. The summed E-state index contributed by atoms with van der Waals surface area (Å²) in [7, 11) is -4.68. The number of hydrogen-bond acceptors (Lipinski definition) is 9. The molecule has 0 saturated carbocycles. The molecule has 0 rings (SSSR count). The van der Waals surface area contributed by atoms with Crippen LogP contribution < -0.4 is 40.2 Å². The molecule has 2 N–H and O–H groups in total. The van der Waals surface area contributed by atoms with E-state index in [4.69, 9.17) is 0 Å². The van der Waals surface area contributed by atoms with Gasteiger partial charge in [-0.05, 0) is 58.1 Å². The SMILES string of the molecule is C=CC(=O)NC(C)(C)CS(=O)[O-].CC(C)(CS(=O)(=O)[O-])NC(=O)CCSCCC(CC(F)(C(F)(F)F)C(F)(F)F)C(F)(F)F.FC(F)(F)C(CCS)CC(F)(C(F)(F)F)C(F)(F)F.[Na+]. The number of carbonyl (C=O) groups is 2. The van der Waals surface area contributed by atoms with Crippen LogP contribution in [0.4, 0.5) is 87.8 Å². The quantitative estimate of drug-likeness (QED) is 0.0271. The minimum absolute atomic E-state index is 0. The molecule has 0 saturated heterocycles. The van der Waals surface area contributed by atoms with Gasteiger partial charge in [-0.2, -0.15) is 103 Å². The van der Waals surface area contributed by atoms with E-state index >= 15 is 0 Å². The third-order valence-electron chi connectivity index (χ3n) is 7.48. The van der Waals surface area contributed by atoms with Gasteiger partial charge in [-0.15, -0.1) is 0 Å². The predicted molar refractivity (Wildman–Crippen MR) is 188 cm³/mol. The first-order valence-electron chi connectivity index (χ1n) is 16.7. The van der Waals surface area contributed by atoms with Crippen LogP contribution in [-0.4, -0.2) is 122 Å². The van der Waals surface area contributed by atoms with Crippen LogP contribution in [0.1, 0.15) is 59.8 Å². The molecule has 0 aliphatic heterocycles. The number of thiol groups is 1. The van der Waals surface area contributed by atoms with Crippen LogP contribution in [0.25, 0.3) is 0 Å². The van der Waals surface area contributed by atoms with Crippen molar-refractivity contribution in [1.29, 1.82) is 0 Å². The molecule has 0 radical (unpaired) electrons. The molecule has 64 heavy (non-hydrogen) atoms. The maximum Gasteiger partial charge on any atom is 1.00 e. The molecule has 0 heterocycles. The molecule has 0 aliphatic carbocycles. The predicted octanol–water partition coefficient (Wildman–Crippen LogP) is 6.00. The van der Waals surface area contributed by atoms with E-state index in [0.29, 0.717) is 11.8 Å². The zero-order valence-electron chi connectivity index (χ0n) is 33.6. The summed E-state index contributed by atoms with van der Waals surface area (Å²) >= 11 is 1.73. The number of hydrogen-bond donors (Lipinski definition) is 3. The largest absolute Gasteiger partial charge is 1.00 e. The van der Waals surface area contributed by atoms with Gasteiger partial charge in [0.1, 0.15) is 0 Å². The summed E-state index contributed by atoms with van der Waals surface area (Å²) in [5, 5.41) is 4.68. The van der Waals surface area contributed by atoms with Crippen molar-refractivity contribution in [2.24, 2.45) is 11.8 Å². The molecular weight excluding hydrogens is 1030 g/mol. The molecule has 2 amide bonds. The van der Waals surface area contributed by atoms with Gasteiger partial charge in [0.15, 0.2) is 0 Å². The molecule has 34 heteroatoms. The summed E-state index contributed by atoms with van der Waals surface area (Å²) in [6, 6.07) is 0. The van der Waals surface area contributed by atoms with Gasteiger partial charge >= 0.3 is 66.6 Å². The summed E-state index contributed by atoms with van der Waals surface area (Å²) in [6.45, 7) is 8.94. The number of nitrogens with one attached hydrogen (secondary N) is 2. The number of thioether (sulfide) groups is 1. The van der Waals surface area contributed by atoms with Crippen molar-refractivity contribution in [3.05, 3.63) is 12.7 Å². The Bertz CT molecular complexity index is 1560. The van der Waals surface area contributed by atoms with Crippen LogP contribution in [0, 0.1) is 11.8 Å². The van der Waals surface area contributed by atoms with Gasteiger partial charge in [0.05, 0.1) is 27.7 Å². The van der Waals surface area contributed by atoms with Crippen molar-refractivity contribution in [3.63, 3.8) is 0 Å². The van der Waals surface area contributed by atoms with Crippen molar-refractivity contribution in [2.75, 3.05) is 28.8 Å². The molecule has 0 bridgehead atoms. The zero-order valence-corrected chi connectivity index (χ0v) is 38.9. The molecule has 3 atom stereocenters. The van der Waals surface area contributed by atoms with Gasteiger partial charge in [-0.1, -0.05) is 17.7 Å². The molecule has 0 fully saturated rings. The fourth-order valence-corrected chi connectivity index (χ4v) is 7.42. The summed E-state index contributed by atoms with van der Waals surface area (Å²) < 4.78 is 303. The average Bonchev–Trinajstić information content (AvgIpc) is 2.98. The van der Waals surface area contributed by atoms with Gasteiger partial charge in [-0.25, -0.2) is 17.2 Å². The molecule has 0 spiro atoms. The van der Waals surface area contributed by atoms with Crippen LogP contribution in [0.2, 0.25) is 0 Å². The summed E-state index contributed by atoms with van der Waals surface area (Å²) in [4.78, 5) is 22.5. The Balaban J connectivity index is -0.000000474. The molecule has 0 aliphatic rings. The monoisotopic (exact) mass is 1070 g/mol. The van der Waals surface area contributed by atoms with Gasteiger partial charge in [0.2, 0.25) is 11.8 Å². The van der Waals surface area contributed by atoms with Crippen molar-refractivity contribution in [3.8, 4) is 0 Å². The fourth-order valence-electron chi connectivity index (χ4n) is 4.51. The van der Waals surface area contributed by atoms with Crippen molar-refractivity contribution < 1.29 is 149 Å². The average molecular weight is 1070 g/mol. The van der Waals surface area contributed by atoms with E-state index < -0.39 is 148 Å². The standard InChI is InChI=1S/C15H21F10NO4S2.C8H8F10S.C7H13NO3S.Na/c1-11(2,8-32(28,29)30)26-10(27)4-6-31-5-3-9(13(17,18)19)7-12(16,14(20,21)22)15(23,24)25;9-5(7(13,14)15,8(16,17)18)3-4(1-2-19)6(10,11)12;1-4-6(9)8-7(2,3)5-12(10)11;/h9H,3-8H2,1-2H3,(H,26,27)(H,28,29,30);4,19H,1-3H2;4H,1,5H2,2-3H3,(H,8,9)(H,10,11);/q;;;+1/p-2. The zero-order chi connectivity index (χ0) is 51.3. The van der Waals surface area contributed by atoms with E-state index in [9.17, 15) is 119 Å².